The van der Waals surface area contributed by atoms with E-state index in [2.05, 4.69) is 6.92 Å². The van der Waals surface area contributed by atoms with Crippen LogP contribution >= 0.6 is 0 Å². The molecule has 0 rings (SSSR count). The molecule has 3 heteroatoms. The molecule has 0 N–H and O–H groups in total. The van der Waals surface area contributed by atoms with Crippen molar-refractivity contribution in [1.82, 2.24) is 0 Å². The van der Waals surface area contributed by atoms with Gasteiger partial charge in [0.05, 0.1) is 6.61 Å². The lowest BCUT2D eigenvalue weighted by Crippen LogP contribution is -2.23. The summed E-state index contributed by atoms with van der Waals surface area (Å²) in [5.74, 6) is -0.961. The minimum atomic E-state index is -0.593. The Morgan fingerprint density at radius 3 is 2.17 bits per heavy atom. The molecule has 0 spiro atoms. The van der Waals surface area contributed by atoms with Gasteiger partial charge in [0.25, 0.3) is 0 Å². The summed E-state index contributed by atoms with van der Waals surface area (Å²) in [6.45, 7) is 6.22. The molecule has 0 amide bonds. The summed E-state index contributed by atoms with van der Waals surface area (Å²) in [5, 5.41) is 0. The zero-order chi connectivity index (χ0) is 13.8. The van der Waals surface area contributed by atoms with E-state index in [0.29, 0.717) is 13.0 Å². The van der Waals surface area contributed by atoms with Gasteiger partial charge in [0.15, 0.2) is 0 Å². The first kappa shape index (κ1) is 17.1. The molecule has 0 aromatic carbocycles. The van der Waals surface area contributed by atoms with Crippen LogP contribution in [0.15, 0.2) is 0 Å². The van der Waals surface area contributed by atoms with Gasteiger partial charge in [-0.15, -0.1) is 0 Å². The molecule has 0 fully saturated rings. The smallest absolute Gasteiger partial charge is 0.316 e. The van der Waals surface area contributed by atoms with Gasteiger partial charge in [-0.05, 0) is 19.8 Å². The maximum absolute atomic E-state index is 11.6. The summed E-state index contributed by atoms with van der Waals surface area (Å²) < 4.78 is 5.12. The van der Waals surface area contributed by atoms with E-state index >= 15 is 0 Å². The number of carbonyl (C=O) groups excluding carboxylic acids is 2. The van der Waals surface area contributed by atoms with Gasteiger partial charge in [-0.3, -0.25) is 9.59 Å². The minimum Gasteiger partial charge on any atom is -0.465 e. The predicted molar refractivity (Wildman–Crippen MR) is 73.4 cm³/mol. The monoisotopic (exact) mass is 256 g/mol. The van der Waals surface area contributed by atoms with Crippen molar-refractivity contribution in [2.24, 2.45) is 5.92 Å². The van der Waals surface area contributed by atoms with E-state index in [0.717, 1.165) is 19.3 Å². The number of rotatable bonds is 11. The molecule has 0 saturated carbocycles. The Hall–Kier alpha value is -0.860. The lowest BCUT2D eigenvalue weighted by molar-refractivity contribution is -0.151. The van der Waals surface area contributed by atoms with E-state index in [4.69, 9.17) is 4.74 Å². The molecule has 18 heavy (non-hydrogen) atoms. The molecule has 106 valence electrons. The van der Waals surface area contributed by atoms with Crippen LogP contribution in [0.3, 0.4) is 0 Å². The molecule has 0 aliphatic rings. The normalized spacial score (nSPS) is 12.2. The fourth-order valence-electron chi connectivity index (χ4n) is 1.77. The highest BCUT2D eigenvalue weighted by atomic mass is 16.5. The van der Waals surface area contributed by atoms with Gasteiger partial charge in [-0.1, -0.05) is 46.0 Å². The maximum atomic E-state index is 11.6. The van der Waals surface area contributed by atoms with Gasteiger partial charge in [-0.2, -0.15) is 0 Å². The Bertz CT molecular complexity index is 236. The fourth-order valence-corrected chi connectivity index (χ4v) is 1.77. The SMILES string of the molecule is CCCCCCCCOC(=O)C(C)C(=O)CCC. The molecular formula is C15H28O3. The number of carbonyl (C=O) groups is 2. The predicted octanol–water partition coefficient (Wildman–Crippen LogP) is 3.90. The number of ketones is 1. The van der Waals surface area contributed by atoms with Crippen LogP contribution in [-0.2, 0) is 14.3 Å². The molecule has 0 heterocycles. The van der Waals surface area contributed by atoms with Crippen LogP contribution in [0.1, 0.15) is 72.1 Å². The Balaban J connectivity index is 3.55. The third-order valence-corrected chi connectivity index (χ3v) is 3.08. The quantitative estimate of drug-likeness (QED) is 0.320. The van der Waals surface area contributed by atoms with Crippen LogP contribution < -0.4 is 0 Å². The van der Waals surface area contributed by atoms with Crippen molar-refractivity contribution < 1.29 is 14.3 Å². The zero-order valence-electron chi connectivity index (χ0n) is 12.2. The topological polar surface area (TPSA) is 43.4 Å². The molecule has 0 radical (unpaired) electrons. The average Bonchev–Trinajstić information content (AvgIpc) is 2.36. The van der Waals surface area contributed by atoms with Crippen molar-refractivity contribution in [2.45, 2.75) is 72.1 Å². The second-order valence-electron chi connectivity index (χ2n) is 4.87. The van der Waals surface area contributed by atoms with E-state index in [1.165, 1.54) is 25.7 Å². The van der Waals surface area contributed by atoms with Crippen molar-refractivity contribution in [2.75, 3.05) is 6.61 Å². The Labute approximate surface area is 111 Å². The third kappa shape index (κ3) is 8.26. The summed E-state index contributed by atoms with van der Waals surface area (Å²) in [7, 11) is 0. The summed E-state index contributed by atoms with van der Waals surface area (Å²) in [4.78, 5) is 23.0. The van der Waals surface area contributed by atoms with Gasteiger partial charge in [0.2, 0.25) is 0 Å². The van der Waals surface area contributed by atoms with E-state index in [1.54, 1.807) is 6.92 Å². The van der Waals surface area contributed by atoms with E-state index < -0.39 is 5.92 Å². The first-order valence-corrected chi connectivity index (χ1v) is 7.32. The highest BCUT2D eigenvalue weighted by molar-refractivity contribution is 5.98. The molecule has 0 aromatic heterocycles. The summed E-state index contributed by atoms with van der Waals surface area (Å²) in [5.41, 5.74) is 0. The van der Waals surface area contributed by atoms with Gasteiger partial charge in [-0.25, -0.2) is 0 Å². The minimum absolute atomic E-state index is 0.00885. The number of hydrogen-bond donors (Lipinski definition) is 0. The van der Waals surface area contributed by atoms with Gasteiger partial charge >= 0.3 is 5.97 Å². The molecule has 0 aliphatic carbocycles. The number of ether oxygens (including phenoxy) is 1. The number of esters is 1. The summed E-state index contributed by atoms with van der Waals surface area (Å²) >= 11 is 0. The average molecular weight is 256 g/mol. The van der Waals surface area contributed by atoms with Crippen molar-refractivity contribution in [1.29, 1.82) is 0 Å². The van der Waals surface area contributed by atoms with Gasteiger partial charge in [0, 0.05) is 6.42 Å². The van der Waals surface area contributed by atoms with Crippen LogP contribution in [0.5, 0.6) is 0 Å². The van der Waals surface area contributed by atoms with Crippen LogP contribution in [0.4, 0.5) is 0 Å². The van der Waals surface area contributed by atoms with E-state index in [9.17, 15) is 9.59 Å². The van der Waals surface area contributed by atoms with Gasteiger partial charge in [0.1, 0.15) is 11.7 Å². The Morgan fingerprint density at radius 1 is 0.944 bits per heavy atom. The largest absolute Gasteiger partial charge is 0.465 e. The number of unbranched alkanes of at least 4 members (excludes halogenated alkanes) is 5. The first-order valence-electron chi connectivity index (χ1n) is 7.32. The maximum Gasteiger partial charge on any atom is 0.316 e. The van der Waals surface area contributed by atoms with Crippen LogP contribution in [-0.4, -0.2) is 18.4 Å². The molecule has 3 nitrogen and oxygen atoms in total. The summed E-state index contributed by atoms with van der Waals surface area (Å²) in [6, 6.07) is 0. The molecule has 1 atom stereocenters. The Morgan fingerprint density at radius 2 is 1.56 bits per heavy atom. The molecule has 1 unspecified atom stereocenters. The standard InChI is InChI=1S/C15H28O3/c1-4-6-7-8-9-10-12-18-15(17)13(3)14(16)11-5-2/h13H,4-12H2,1-3H3. The van der Waals surface area contributed by atoms with Crippen LogP contribution in [0.2, 0.25) is 0 Å². The van der Waals surface area contributed by atoms with Crippen molar-refractivity contribution >= 4 is 11.8 Å². The number of Topliss-reactive ketones (excluding diaryl/α,β-unsaturated/α-hetero) is 1. The second-order valence-corrected chi connectivity index (χ2v) is 4.87. The number of hydrogen-bond acceptors (Lipinski definition) is 3. The van der Waals surface area contributed by atoms with Crippen molar-refractivity contribution in [3.8, 4) is 0 Å². The third-order valence-electron chi connectivity index (χ3n) is 3.08. The lowest BCUT2D eigenvalue weighted by atomic mass is 10.0. The second kappa shape index (κ2) is 11.2. The van der Waals surface area contributed by atoms with Crippen LogP contribution in [0.25, 0.3) is 0 Å². The molecule has 0 aliphatic heterocycles. The van der Waals surface area contributed by atoms with Crippen molar-refractivity contribution in [3.05, 3.63) is 0 Å². The first-order chi connectivity index (χ1) is 8.63. The van der Waals surface area contributed by atoms with E-state index in [-0.39, 0.29) is 11.8 Å². The Kier molecular flexibility index (Phi) is 10.7. The highest BCUT2D eigenvalue weighted by Gasteiger charge is 2.21. The molecular weight excluding hydrogens is 228 g/mol. The van der Waals surface area contributed by atoms with Crippen LogP contribution in [0, 0.1) is 5.92 Å². The molecule has 0 bridgehead atoms. The zero-order valence-corrected chi connectivity index (χ0v) is 12.2. The lowest BCUT2D eigenvalue weighted by Gasteiger charge is -2.10. The van der Waals surface area contributed by atoms with E-state index in [1.807, 2.05) is 6.92 Å². The summed E-state index contributed by atoms with van der Waals surface area (Å²) in [6.07, 6.45) is 8.25. The molecule has 0 aromatic rings. The highest BCUT2D eigenvalue weighted by Crippen LogP contribution is 2.08. The van der Waals surface area contributed by atoms with Gasteiger partial charge < -0.3 is 4.74 Å². The fraction of sp³-hybridized carbons (Fsp3) is 0.867. The molecule has 0 saturated heterocycles. The van der Waals surface area contributed by atoms with Crippen molar-refractivity contribution in [3.63, 3.8) is 0 Å².